The molecule has 2 aromatic rings. The molecule has 1 aromatic heterocycles. The summed E-state index contributed by atoms with van der Waals surface area (Å²) in [4.78, 5) is 17.4. The molecule has 0 saturated heterocycles. The Morgan fingerprint density at radius 3 is 2.72 bits per heavy atom. The Morgan fingerprint density at radius 2 is 2.06 bits per heavy atom. The fraction of sp³-hybridized carbons (Fsp3) is 0.0769. The number of phenolic OH excluding ortho intramolecular Hbond substituents is 1. The lowest BCUT2D eigenvalue weighted by molar-refractivity contribution is 0.0513. The number of para-hydroxylation sites is 1. The first-order valence-electron chi connectivity index (χ1n) is 5.26. The van der Waals surface area contributed by atoms with Crippen LogP contribution in [0, 0.1) is 0 Å². The summed E-state index contributed by atoms with van der Waals surface area (Å²) >= 11 is 1.51. The molecule has 0 bridgehead atoms. The molecule has 0 radical (unpaired) electrons. The van der Waals surface area contributed by atoms with Crippen LogP contribution in [0.5, 0.6) is 5.75 Å². The number of hydrogen-bond donors (Lipinski definition) is 1. The summed E-state index contributed by atoms with van der Waals surface area (Å²) in [5, 5.41) is 15.1. The zero-order valence-corrected chi connectivity index (χ0v) is 10.5. The molecule has 92 valence electrons. The SMILES string of the molecule is C/C(=N/OC(=O)c1ccccc1O)c1cccs1. The minimum absolute atomic E-state index is 0.0974. The van der Waals surface area contributed by atoms with E-state index in [0.29, 0.717) is 5.71 Å². The van der Waals surface area contributed by atoms with E-state index in [1.807, 2.05) is 17.5 Å². The second kappa shape index (κ2) is 5.46. The molecule has 0 saturated carbocycles. The number of carbonyl (C=O) groups excluding carboxylic acids is 1. The Bertz CT molecular complexity index is 576. The van der Waals surface area contributed by atoms with Gasteiger partial charge in [-0.3, -0.25) is 0 Å². The van der Waals surface area contributed by atoms with Crippen LogP contribution in [0.3, 0.4) is 0 Å². The van der Waals surface area contributed by atoms with Gasteiger partial charge in [-0.2, -0.15) is 0 Å². The van der Waals surface area contributed by atoms with Crippen molar-refractivity contribution in [3.63, 3.8) is 0 Å². The van der Waals surface area contributed by atoms with Gasteiger partial charge in [0.2, 0.25) is 0 Å². The van der Waals surface area contributed by atoms with E-state index in [4.69, 9.17) is 4.84 Å². The highest BCUT2D eigenvalue weighted by molar-refractivity contribution is 7.12. The molecule has 0 aliphatic carbocycles. The zero-order valence-electron chi connectivity index (χ0n) is 9.66. The van der Waals surface area contributed by atoms with Crippen molar-refractivity contribution < 1.29 is 14.7 Å². The third-order valence-electron chi connectivity index (χ3n) is 2.27. The van der Waals surface area contributed by atoms with Gasteiger partial charge in [0, 0.05) is 0 Å². The summed E-state index contributed by atoms with van der Waals surface area (Å²) in [6.07, 6.45) is 0. The fourth-order valence-corrected chi connectivity index (χ4v) is 2.00. The van der Waals surface area contributed by atoms with E-state index < -0.39 is 5.97 Å². The molecule has 0 atom stereocenters. The maximum absolute atomic E-state index is 11.7. The lowest BCUT2D eigenvalue weighted by atomic mass is 10.2. The largest absolute Gasteiger partial charge is 0.507 e. The van der Waals surface area contributed by atoms with E-state index in [1.165, 1.54) is 23.5 Å². The van der Waals surface area contributed by atoms with Crippen molar-refractivity contribution in [1.82, 2.24) is 0 Å². The number of aromatic hydroxyl groups is 1. The number of rotatable bonds is 3. The van der Waals surface area contributed by atoms with Gasteiger partial charge in [0.25, 0.3) is 0 Å². The van der Waals surface area contributed by atoms with Gasteiger partial charge in [0.15, 0.2) is 0 Å². The van der Waals surface area contributed by atoms with Gasteiger partial charge in [0.05, 0.1) is 10.6 Å². The van der Waals surface area contributed by atoms with Crippen LogP contribution >= 0.6 is 11.3 Å². The average Bonchev–Trinajstić information content (AvgIpc) is 2.90. The highest BCUT2D eigenvalue weighted by atomic mass is 32.1. The third kappa shape index (κ3) is 2.75. The van der Waals surface area contributed by atoms with Gasteiger partial charge in [-0.05, 0) is 30.5 Å². The molecule has 0 spiro atoms. The minimum atomic E-state index is -0.677. The second-order valence-corrected chi connectivity index (χ2v) is 4.50. The van der Waals surface area contributed by atoms with E-state index in [-0.39, 0.29) is 11.3 Å². The van der Waals surface area contributed by atoms with E-state index in [0.717, 1.165) is 4.88 Å². The van der Waals surface area contributed by atoms with Gasteiger partial charge >= 0.3 is 5.97 Å². The van der Waals surface area contributed by atoms with Crippen molar-refractivity contribution in [3.8, 4) is 5.75 Å². The zero-order chi connectivity index (χ0) is 13.0. The van der Waals surface area contributed by atoms with Crippen LogP contribution in [0.4, 0.5) is 0 Å². The number of carbonyl (C=O) groups is 1. The molecular weight excluding hydrogens is 250 g/mol. The fourth-order valence-electron chi connectivity index (χ4n) is 1.33. The van der Waals surface area contributed by atoms with Crippen molar-refractivity contribution in [3.05, 3.63) is 52.2 Å². The molecule has 1 aromatic carbocycles. The molecule has 0 aliphatic rings. The molecule has 5 heteroatoms. The molecule has 0 unspecified atom stereocenters. The van der Waals surface area contributed by atoms with E-state index in [1.54, 1.807) is 19.1 Å². The monoisotopic (exact) mass is 261 g/mol. The van der Waals surface area contributed by atoms with Gasteiger partial charge in [-0.1, -0.05) is 23.4 Å². The first-order valence-corrected chi connectivity index (χ1v) is 6.14. The number of thiophene rings is 1. The predicted molar refractivity (Wildman–Crippen MR) is 70.1 cm³/mol. The molecular formula is C13H11NO3S. The molecule has 18 heavy (non-hydrogen) atoms. The van der Waals surface area contributed by atoms with Crippen LogP contribution in [0.15, 0.2) is 46.9 Å². The van der Waals surface area contributed by atoms with Crippen molar-refractivity contribution >= 4 is 23.0 Å². The molecule has 0 amide bonds. The summed E-state index contributed by atoms with van der Waals surface area (Å²) in [7, 11) is 0. The molecule has 2 rings (SSSR count). The van der Waals surface area contributed by atoms with Crippen LogP contribution in [0.2, 0.25) is 0 Å². The Hall–Kier alpha value is -2.14. The Balaban J connectivity index is 2.09. The topological polar surface area (TPSA) is 58.9 Å². The van der Waals surface area contributed by atoms with Gasteiger partial charge in [-0.25, -0.2) is 4.79 Å². The second-order valence-electron chi connectivity index (χ2n) is 3.55. The Kier molecular flexibility index (Phi) is 3.74. The van der Waals surface area contributed by atoms with Crippen LogP contribution in [-0.2, 0) is 4.84 Å². The van der Waals surface area contributed by atoms with Gasteiger partial charge in [0.1, 0.15) is 11.3 Å². The minimum Gasteiger partial charge on any atom is -0.507 e. The highest BCUT2D eigenvalue weighted by Crippen LogP contribution is 2.17. The number of phenols is 1. The van der Waals surface area contributed by atoms with Crippen molar-refractivity contribution in [2.75, 3.05) is 0 Å². The summed E-state index contributed by atoms with van der Waals surface area (Å²) in [6, 6.07) is 9.96. The normalized spacial score (nSPS) is 11.3. The molecule has 1 N–H and O–H groups in total. The first kappa shape index (κ1) is 12.3. The summed E-state index contributed by atoms with van der Waals surface area (Å²) < 4.78 is 0. The molecule has 4 nitrogen and oxygen atoms in total. The van der Waals surface area contributed by atoms with Gasteiger partial charge < -0.3 is 9.94 Å². The lowest BCUT2D eigenvalue weighted by Crippen LogP contribution is -2.03. The Labute approximate surface area is 108 Å². The van der Waals surface area contributed by atoms with E-state index in [2.05, 4.69) is 5.16 Å². The highest BCUT2D eigenvalue weighted by Gasteiger charge is 2.12. The van der Waals surface area contributed by atoms with Crippen LogP contribution in [0.1, 0.15) is 22.2 Å². The number of hydrogen-bond acceptors (Lipinski definition) is 5. The van der Waals surface area contributed by atoms with Crippen molar-refractivity contribution in [2.24, 2.45) is 5.16 Å². The van der Waals surface area contributed by atoms with E-state index in [9.17, 15) is 9.90 Å². The van der Waals surface area contributed by atoms with Gasteiger partial charge in [-0.15, -0.1) is 11.3 Å². The summed E-state index contributed by atoms with van der Waals surface area (Å²) in [5.41, 5.74) is 0.717. The third-order valence-corrected chi connectivity index (χ3v) is 3.25. The molecule has 1 heterocycles. The number of benzene rings is 1. The van der Waals surface area contributed by atoms with Crippen molar-refractivity contribution in [2.45, 2.75) is 6.92 Å². The lowest BCUT2D eigenvalue weighted by Gasteiger charge is -2.01. The smallest absolute Gasteiger partial charge is 0.369 e. The first-order chi connectivity index (χ1) is 8.68. The maximum Gasteiger partial charge on any atom is 0.369 e. The standard InChI is InChI=1S/C13H11NO3S/c1-9(12-7-4-8-18-12)14-17-13(16)10-5-2-3-6-11(10)15/h2-8,15H,1H3/b14-9-. The number of oxime groups is 1. The van der Waals surface area contributed by atoms with Crippen LogP contribution in [-0.4, -0.2) is 16.8 Å². The van der Waals surface area contributed by atoms with Crippen LogP contribution < -0.4 is 0 Å². The van der Waals surface area contributed by atoms with E-state index >= 15 is 0 Å². The number of nitrogens with zero attached hydrogens (tertiary/aromatic N) is 1. The summed E-state index contributed by atoms with van der Waals surface area (Å²) in [6.45, 7) is 1.75. The maximum atomic E-state index is 11.7. The molecule has 0 aliphatic heterocycles. The Morgan fingerprint density at radius 1 is 1.28 bits per heavy atom. The summed E-state index contributed by atoms with van der Waals surface area (Å²) in [5.74, 6) is -0.796. The quantitative estimate of drug-likeness (QED) is 0.525. The predicted octanol–water partition coefficient (Wildman–Crippen LogP) is 3.03. The average molecular weight is 261 g/mol. The van der Waals surface area contributed by atoms with Crippen LogP contribution in [0.25, 0.3) is 0 Å². The van der Waals surface area contributed by atoms with Crippen molar-refractivity contribution in [1.29, 1.82) is 0 Å². The molecule has 0 fully saturated rings.